The maximum atomic E-state index is 9.02. The minimum Gasteiger partial charge on any atom is -0.489 e. The molecule has 0 spiro atoms. The average molecular weight is 412 g/mol. The van der Waals surface area contributed by atoms with Crippen LogP contribution in [0.15, 0.2) is 40.7 Å². The predicted octanol–water partition coefficient (Wildman–Crippen LogP) is 1.73. The molecule has 0 amide bonds. The van der Waals surface area contributed by atoms with Crippen molar-refractivity contribution < 1.29 is 14.6 Å². The lowest BCUT2D eigenvalue weighted by molar-refractivity contribution is 0.149. The smallest absolute Gasteiger partial charge is 0.260 e. The number of hydrogen-bond donors (Lipinski definition) is 3. The molecule has 0 radical (unpaired) electrons. The molecule has 160 valence electrons. The van der Waals surface area contributed by atoms with Crippen molar-refractivity contribution in [3.05, 3.63) is 47.0 Å². The number of pyridine rings is 1. The predicted molar refractivity (Wildman–Crippen MR) is 117 cm³/mol. The first-order chi connectivity index (χ1) is 14.3. The summed E-state index contributed by atoms with van der Waals surface area (Å²) in [6, 6.07) is 3.95. The molecule has 9 nitrogen and oxygen atoms in total. The van der Waals surface area contributed by atoms with Gasteiger partial charge >= 0.3 is 0 Å². The zero-order valence-electron chi connectivity index (χ0n) is 17.8. The fourth-order valence-electron chi connectivity index (χ4n) is 2.91. The molecule has 9 heteroatoms. The second-order valence-corrected chi connectivity index (χ2v) is 7.30. The Morgan fingerprint density at radius 2 is 1.97 bits per heavy atom. The van der Waals surface area contributed by atoms with Gasteiger partial charge in [-0.15, -0.1) is 5.10 Å². The fraction of sp³-hybridized carbons (Fsp3) is 0.381. The molecule has 0 saturated heterocycles. The van der Waals surface area contributed by atoms with E-state index in [1.54, 1.807) is 6.08 Å². The second-order valence-electron chi connectivity index (χ2n) is 7.30. The molecule has 0 bridgehead atoms. The normalized spacial score (nSPS) is 15.7. The minimum atomic E-state index is -0.134. The van der Waals surface area contributed by atoms with E-state index in [9.17, 15) is 0 Å². The number of allylic oxidation sites excluding steroid dienone is 2. The van der Waals surface area contributed by atoms with Gasteiger partial charge in [0.25, 0.3) is 5.88 Å². The Kier molecular flexibility index (Phi) is 6.53. The van der Waals surface area contributed by atoms with Crippen LogP contribution in [0.4, 0.5) is 5.69 Å². The molecule has 4 N–H and O–H groups in total. The van der Waals surface area contributed by atoms with Gasteiger partial charge in [0, 0.05) is 18.3 Å². The van der Waals surface area contributed by atoms with Crippen LogP contribution in [0.25, 0.3) is 5.52 Å². The molecule has 3 rings (SSSR count). The Hall–Kier alpha value is -3.17. The van der Waals surface area contributed by atoms with Crippen LogP contribution < -0.4 is 10.5 Å². The average Bonchev–Trinajstić information content (AvgIpc) is 3.03. The van der Waals surface area contributed by atoms with Gasteiger partial charge in [0.05, 0.1) is 29.2 Å². The Morgan fingerprint density at radius 3 is 2.67 bits per heavy atom. The highest BCUT2D eigenvalue weighted by molar-refractivity contribution is 6.50. The summed E-state index contributed by atoms with van der Waals surface area (Å²) in [5.74, 6) is 0.775. The number of rotatable bonds is 8. The van der Waals surface area contributed by atoms with Gasteiger partial charge in [-0.1, -0.05) is 6.07 Å². The number of nitrogens with two attached hydrogens (primary N) is 1. The lowest BCUT2D eigenvalue weighted by Gasteiger charge is -2.15. The van der Waals surface area contributed by atoms with E-state index in [4.69, 9.17) is 30.7 Å². The molecule has 2 aromatic rings. The van der Waals surface area contributed by atoms with E-state index in [2.05, 4.69) is 5.10 Å². The summed E-state index contributed by atoms with van der Waals surface area (Å²) in [6.45, 7) is 5.17. The lowest BCUT2D eigenvalue weighted by Crippen LogP contribution is -2.20. The largest absolute Gasteiger partial charge is 0.489 e. The van der Waals surface area contributed by atoms with E-state index in [-0.39, 0.29) is 18.9 Å². The van der Waals surface area contributed by atoms with Crippen LogP contribution >= 0.6 is 0 Å². The van der Waals surface area contributed by atoms with Gasteiger partial charge in [-0.25, -0.2) is 9.51 Å². The molecular formula is C21H28N6O3. The first-order valence-corrected chi connectivity index (χ1v) is 9.68. The number of aromatic nitrogens is 2. The number of hydrogen-bond acceptors (Lipinski definition) is 8. The van der Waals surface area contributed by atoms with Crippen LogP contribution in [0.5, 0.6) is 5.88 Å². The number of ether oxygens (including phenoxy) is 2. The maximum absolute atomic E-state index is 9.02. The zero-order valence-corrected chi connectivity index (χ0v) is 17.8. The van der Waals surface area contributed by atoms with E-state index >= 15 is 0 Å². The molecule has 2 heterocycles. The number of aliphatic imine (C=N–C) groups is 1. The van der Waals surface area contributed by atoms with Crippen molar-refractivity contribution in [2.24, 2.45) is 10.7 Å². The minimum absolute atomic E-state index is 0.106. The van der Waals surface area contributed by atoms with Gasteiger partial charge in [0.1, 0.15) is 19.0 Å². The molecule has 0 unspecified atom stereocenters. The van der Waals surface area contributed by atoms with Crippen LogP contribution in [0, 0.1) is 19.3 Å². The van der Waals surface area contributed by atoms with Gasteiger partial charge in [-0.2, -0.15) is 0 Å². The molecule has 0 saturated carbocycles. The van der Waals surface area contributed by atoms with Gasteiger partial charge in [-0.05, 0) is 45.6 Å². The monoisotopic (exact) mass is 412 g/mol. The number of fused-ring (bicyclic) bond motifs is 1. The standard InChI is InChI=1S/C21H28N6O3/c1-13-5-6-18-20(21(25-27(18)14(13)2)30-9-7-26(3)4)24-17-12-19(29-10-8-28)16(23)11-15(17)22/h5-6,11-12,22,28H,7-10,23H2,1-4H3. The van der Waals surface area contributed by atoms with Crippen molar-refractivity contribution in [2.75, 3.05) is 40.5 Å². The summed E-state index contributed by atoms with van der Waals surface area (Å²) < 4.78 is 13.2. The quantitative estimate of drug-likeness (QED) is 0.568. The zero-order chi connectivity index (χ0) is 21.8. The van der Waals surface area contributed by atoms with Crippen LogP contribution in [0.1, 0.15) is 11.3 Å². The molecule has 0 atom stereocenters. The summed E-state index contributed by atoms with van der Waals surface area (Å²) in [5.41, 5.74) is 10.2. The van der Waals surface area contributed by atoms with Crippen LogP contribution in [0.2, 0.25) is 0 Å². The molecule has 1 aliphatic rings. The van der Waals surface area contributed by atoms with Crippen molar-refractivity contribution in [3.8, 4) is 5.88 Å². The van der Waals surface area contributed by atoms with Crippen LogP contribution in [-0.4, -0.2) is 71.5 Å². The molecule has 30 heavy (non-hydrogen) atoms. The van der Waals surface area contributed by atoms with Crippen LogP contribution in [0.3, 0.4) is 0 Å². The van der Waals surface area contributed by atoms with Gasteiger partial charge in [0.15, 0.2) is 5.69 Å². The summed E-state index contributed by atoms with van der Waals surface area (Å²) in [5, 5.41) is 21.9. The third-order valence-electron chi connectivity index (χ3n) is 4.73. The Balaban J connectivity index is 2.07. The summed E-state index contributed by atoms with van der Waals surface area (Å²) in [7, 11) is 3.95. The van der Waals surface area contributed by atoms with Crippen molar-refractivity contribution in [2.45, 2.75) is 13.8 Å². The van der Waals surface area contributed by atoms with Crippen molar-refractivity contribution in [3.63, 3.8) is 0 Å². The Bertz CT molecular complexity index is 1050. The number of aryl methyl sites for hydroxylation is 2. The maximum Gasteiger partial charge on any atom is 0.260 e. The topological polar surface area (TPSA) is 121 Å². The SMILES string of the molecule is Cc1ccc2c(N=C3C=C(OCCO)C(N)=CC3=N)c(OCCN(C)C)nn2c1C. The van der Waals surface area contributed by atoms with E-state index in [1.165, 1.54) is 6.08 Å². The number of aliphatic hydroxyl groups excluding tert-OH is 1. The first kappa shape index (κ1) is 21.5. The first-order valence-electron chi connectivity index (χ1n) is 9.68. The fourth-order valence-corrected chi connectivity index (χ4v) is 2.91. The molecule has 0 fully saturated rings. The van der Waals surface area contributed by atoms with E-state index in [1.807, 2.05) is 49.5 Å². The van der Waals surface area contributed by atoms with Gasteiger partial charge in [0.2, 0.25) is 0 Å². The van der Waals surface area contributed by atoms with Crippen molar-refractivity contribution in [1.82, 2.24) is 14.5 Å². The highest BCUT2D eigenvalue weighted by Gasteiger charge is 2.20. The molecule has 1 aliphatic carbocycles. The highest BCUT2D eigenvalue weighted by Crippen LogP contribution is 2.34. The number of nitrogens with one attached hydrogen (secondary N) is 1. The third-order valence-corrected chi connectivity index (χ3v) is 4.73. The van der Waals surface area contributed by atoms with E-state index in [0.717, 1.165) is 23.3 Å². The molecule has 0 aliphatic heterocycles. The summed E-state index contributed by atoms with van der Waals surface area (Å²) in [4.78, 5) is 6.72. The van der Waals surface area contributed by atoms with E-state index < -0.39 is 0 Å². The number of nitrogens with zero attached hydrogens (tertiary/aromatic N) is 4. The number of aliphatic hydroxyl groups is 1. The summed E-state index contributed by atoms with van der Waals surface area (Å²) >= 11 is 0. The van der Waals surface area contributed by atoms with Gasteiger partial charge < -0.3 is 25.2 Å². The highest BCUT2D eigenvalue weighted by atomic mass is 16.5. The molecule has 0 aromatic carbocycles. The van der Waals surface area contributed by atoms with Crippen molar-refractivity contribution >= 4 is 22.6 Å². The van der Waals surface area contributed by atoms with Crippen molar-refractivity contribution in [1.29, 1.82) is 5.41 Å². The van der Waals surface area contributed by atoms with E-state index in [0.29, 0.717) is 35.3 Å². The second kappa shape index (κ2) is 9.10. The Labute approximate surface area is 175 Å². The van der Waals surface area contributed by atoms with Crippen LogP contribution in [-0.2, 0) is 4.74 Å². The van der Waals surface area contributed by atoms with Gasteiger partial charge in [-0.3, -0.25) is 5.41 Å². The summed E-state index contributed by atoms with van der Waals surface area (Å²) in [6.07, 6.45) is 3.08. The Morgan fingerprint density at radius 1 is 1.20 bits per heavy atom. The molecule has 2 aromatic heterocycles. The number of likely N-dealkylation sites (N-methyl/N-ethyl adjacent to an activating group) is 1. The molecular weight excluding hydrogens is 384 g/mol. The third kappa shape index (κ3) is 4.52. The lowest BCUT2D eigenvalue weighted by atomic mass is 10.1.